The number of hydrogen-bond acceptors (Lipinski definition) is 1. The van der Waals surface area contributed by atoms with Gasteiger partial charge in [0.1, 0.15) is 5.69 Å². The molecule has 0 saturated heterocycles. The summed E-state index contributed by atoms with van der Waals surface area (Å²) in [6, 6.07) is 11.8. The first kappa shape index (κ1) is 13.4. The molecule has 100 valence electrons. The second kappa shape index (κ2) is 4.57. The molecule has 2 rings (SSSR count). The van der Waals surface area contributed by atoms with E-state index >= 15 is 0 Å². The Morgan fingerprint density at radius 3 is 2.05 bits per heavy atom. The molecule has 2 aromatic rings. The summed E-state index contributed by atoms with van der Waals surface area (Å²) in [5.41, 5.74) is 3.64. The van der Waals surface area contributed by atoms with Gasteiger partial charge in [-0.25, -0.2) is 4.79 Å². The van der Waals surface area contributed by atoms with Crippen LogP contribution in [0.1, 0.15) is 36.8 Å². The van der Waals surface area contributed by atoms with Gasteiger partial charge in [-0.2, -0.15) is 0 Å². The maximum atomic E-state index is 11.0. The summed E-state index contributed by atoms with van der Waals surface area (Å²) in [6.45, 7) is 6.52. The van der Waals surface area contributed by atoms with Crippen molar-refractivity contribution in [2.24, 2.45) is 7.05 Å². The Labute approximate surface area is 113 Å². The van der Waals surface area contributed by atoms with Gasteiger partial charge in [0.2, 0.25) is 0 Å². The number of nitrogens with zero attached hydrogens (tertiary/aromatic N) is 1. The summed E-state index contributed by atoms with van der Waals surface area (Å²) < 4.78 is 1.70. The summed E-state index contributed by atoms with van der Waals surface area (Å²) in [6.07, 6.45) is 0. The molecule has 1 heterocycles. The fraction of sp³-hybridized carbons (Fsp3) is 0.312. The first-order chi connectivity index (χ1) is 8.80. The number of carboxylic acid groups (broad SMARTS) is 1. The number of carbonyl (C=O) groups is 1. The summed E-state index contributed by atoms with van der Waals surface area (Å²) in [7, 11) is 1.77. The van der Waals surface area contributed by atoms with Crippen LogP contribution < -0.4 is 0 Å². The van der Waals surface area contributed by atoms with Crippen LogP contribution in [0.4, 0.5) is 0 Å². The monoisotopic (exact) mass is 257 g/mol. The number of benzene rings is 1. The second-order valence-corrected chi connectivity index (χ2v) is 5.80. The van der Waals surface area contributed by atoms with E-state index in [2.05, 4.69) is 32.9 Å². The van der Waals surface area contributed by atoms with Crippen molar-refractivity contribution in [2.75, 3.05) is 0 Å². The molecule has 1 N–H and O–H groups in total. The normalized spacial score (nSPS) is 11.6. The molecule has 1 aromatic carbocycles. The van der Waals surface area contributed by atoms with Crippen LogP contribution in [0.25, 0.3) is 11.3 Å². The minimum absolute atomic E-state index is 0.124. The summed E-state index contributed by atoms with van der Waals surface area (Å²) in [4.78, 5) is 11.0. The second-order valence-electron chi connectivity index (χ2n) is 5.80. The van der Waals surface area contributed by atoms with E-state index in [1.54, 1.807) is 17.7 Å². The van der Waals surface area contributed by atoms with Crippen LogP contribution in [-0.2, 0) is 12.5 Å². The molecule has 0 aliphatic heterocycles. The summed E-state index contributed by atoms with van der Waals surface area (Å²) in [5.74, 6) is -0.903. The number of aromatic nitrogens is 1. The lowest BCUT2D eigenvalue weighted by Crippen LogP contribution is -2.10. The SMILES string of the molecule is Cn1c(C(=O)O)ccc1-c1ccc(C(C)(C)C)cc1. The van der Waals surface area contributed by atoms with Gasteiger partial charge in [0, 0.05) is 12.7 Å². The molecule has 0 radical (unpaired) electrons. The smallest absolute Gasteiger partial charge is 0.352 e. The van der Waals surface area contributed by atoms with Gasteiger partial charge in [-0.1, -0.05) is 45.0 Å². The average Bonchev–Trinajstić information content (AvgIpc) is 2.70. The van der Waals surface area contributed by atoms with E-state index in [1.807, 2.05) is 18.2 Å². The molecular weight excluding hydrogens is 238 g/mol. The van der Waals surface area contributed by atoms with E-state index in [-0.39, 0.29) is 5.41 Å². The molecule has 0 fully saturated rings. The molecule has 0 amide bonds. The van der Waals surface area contributed by atoms with E-state index in [1.165, 1.54) is 5.56 Å². The van der Waals surface area contributed by atoms with Crippen LogP contribution >= 0.6 is 0 Å². The highest BCUT2D eigenvalue weighted by atomic mass is 16.4. The van der Waals surface area contributed by atoms with Crippen molar-refractivity contribution in [1.82, 2.24) is 4.57 Å². The van der Waals surface area contributed by atoms with Crippen LogP contribution in [0.5, 0.6) is 0 Å². The number of aromatic carboxylic acids is 1. The van der Waals surface area contributed by atoms with E-state index in [0.29, 0.717) is 5.69 Å². The van der Waals surface area contributed by atoms with Crippen molar-refractivity contribution in [2.45, 2.75) is 26.2 Å². The van der Waals surface area contributed by atoms with Crippen molar-refractivity contribution < 1.29 is 9.90 Å². The van der Waals surface area contributed by atoms with Crippen LogP contribution in [0.3, 0.4) is 0 Å². The van der Waals surface area contributed by atoms with Gasteiger partial charge in [0.05, 0.1) is 0 Å². The quantitative estimate of drug-likeness (QED) is 0.891. The number of rotatable bonds is 2. The molecular formula is C16H19NO2. The lowest BCUT2D eigenvalue weighted by molar-refractivity contribution is 0.0687. The fourth-order valence-electron chi connectivity index (χ4n) is 2.16. The third kappa shape index (κ3) is 2.55. The van der Waals surface area contributed by atoms with Crippen molar-refractivity contribution in [3.63, 3.8) is 0 Å². The maximum Gasteiger partial charge on any atom is 0.352 e. The zero-order valence-electron chi connectivity index (χ0n) is 11.8. The Hall–Kier alpha value is -2.03. The molecule has 0 unspecified atom stereocenters. The van der Waals surface area contributed by atoms with Crippen molar-refractivity contribution in [3.05, 3.63) is 47.7 Å². The molecule has 0 spiro atoms. The Morgan fingerprint density at radius 2 is 1.63 bits per heavy atom. The van der Waals surface area contributed by atoms with Crippen LogP contribution in [0, 0.1) is 0 Å². The molecule has 0 atom stereocenters. The number of hydrogen-bond donors (Lipinski definition) is 1. The molecule has 0 bridgehead atoms. The molecule has 0 aliphatic rings. The molecule has 1 aromatic heterocycles. The van der Waals surface area contributed by atoms with Gasteiger partial charge in [-0.05, 0) is 28.7 Å². The third-order valence-corrected chi connectivity index (χ3v) is 3.39. The maximum absolute atomic E-state index is 11.0. The Kier molecular flexibility index (Phi) is 3.23. The van der Waals surface area contributed by atoms with Crippen LogP contribution in [0.2, 0.25) is 0 Å². The standard InChI is InChI=1S/C16H19NO2/c1-16(2,3)12-7-5-11(6-8-12)13-9-10-14(15(18)19)17(13)4/h5-10H,1-4H3,(H,18,19). The molecule has 3 nitrogen and oxygen atoms in total. The summed E-state index contributed by atoms with van der Waals surface area (Å²) in [5, 5.41) is 9.06. The van der Waals surface area contributed by atoms with Gasteiger partial charge in [0.15, 0.2) is 0 Å². The first-order valence-corrected chi connectivity index (χ1v) is 6.30. The molecule has 0 aliphatic carbocycles. The summed E-state index contributed by atoms with van der Waals surface area (Å²) >= 11 is 0. The lowest BCUT2D eigenvalue weighted by atomic mass is 9.86. The molecule has 0 saturated carbocycles. The van der Waals surface area contributed by atoms with Gasteiger partial charge >= 0.3 is 5.97 Å². The van der Waals surface area contributed by atoms with E-state index in [4.69, 9.17) is 5.11 Å². The predicted octanol–water partition coefficient (Wildman–Crippen LogP) is 3.69. The average molecular weight is 257 g/mol. The fourth-order valence-corrected chi connectivity index (χ4v) is 2.16. The highest BCUT2D eigenvalue weighted by Gasteiger charge is 2.15. The molecule has 3 heteroatoms. The minimum atomic E-state index is -0.903. The Balaban J connectivity index is 2.41. The minimum Gasteiger partial charge on any atom is -0.477 e. The van der Waals surface area contributed by atoms with Crippen LogP contribution in [0.15, 0.2) is 36.4 Å². The van der Waals surface area contributed by atoms with Gasteiger partial charge in [-0.3, -0.25) is 0 Å². The first-order valence-electron chi connectivity index (χ1n) is 6.30. The van der Waals surface area contributed by atoms with Gasteiger partial charge in [-0.15, -0.1) is 0 Å². The van der Waals surface area contributed by atoms with E-state index in [0.717, 1.165) is 11.3 Å². The molecule has 19 heavy (non-hydrogen) atoms. The topological polar surface area (TPSA) is 42.2 Å². The van der Waals surface area contributed by atoms with E-state index < -0.39 is 5.97 Å². The van der Waals surface area contributed by atoms with Crippen molar-refractivity contribution in [1.29, 1.82) is 0 Å². The van der Waals surface area contributed by atoms with Gasteiger partial charge < -0.3 is 9.67 Å². The highest BCUT2D eigenvalue weighted by molar-refractivity contribution is 5.87. The Bertz CT molecular complexity index is 601. The largest absolute Gasteiger partial charge is 0.477 e. The third-order valence-electron chi connectivity index (χ3n) is 3.39. The van der Waals surface area contributed by atoms with Crippen LogP contribution in [-0.4, -0.2) is 15.6 Å². The highest BCUT2D eigenvalue weighted by Crippen LogP contribution is 2.26. The van der Waals surface area contributed by atoms with E-state index in [9.17, 15) is 4.79 Å². The lowest BCUT2D eigenvalue weighted by Gasteiger charge is -2.19. The van der Waals surface area contributed by atoms with Crippen molar-refractivity contribution in [3.8, 4) is 11.3 Å². The zero-order valence-corrected chi connectivity index (χ0v) is 11.8. The Morgan fingerprint density at radius 1 is 1.05 bits per heavy atom. The van der Waals surface area contributed by atoms with Crippen molar-refractivity contribution >= 4 is 5.97 Å². The zero-order chi connectivity index (χ0) is 14.2. The van der Waals surface area contributed by atoms with Gasteiger partial charge in [0.25, 0.3) is 0 Å². The number of carboxylic acids is 1. The predicted molar refractivity (Wildman–Crippen MR) is 76.5 cm³/mol.